The van der Waals surface area contributed by atoms with Crippen molar-refractivity contribution in [3.8, 4) is 0 Å². The minimum Gasteiger partial charge on any atom is -0.378 e. The van der Waals surface area contributed by atoms with Gasteiger partial charge in [0.2, 0.25) is 0 Å². The second-order valence-electron chi connectivity index (χ2n) is 4.78. The van der Waals surface area contributed by atoms with Gasteiger partial charge in [-0.15, -0.1) is 0 Å². The highest BCUT2D eigenvalue weighted by Crippen LogP contribution is 2.12. The molecule has 0 radical (unpaired) electrons. The van der Waals surface area contributed by atoms with E-state index in [1.54, 1.807) is 6.21 Å². The van der Waals surface area contributed by atoms with Gasteiger partial charge >= 0.3 is 0 Å². The van der Waals surface area contributed by atoms with E-state index in [9.17, 15) is 4.21 Å². The fourth-order valence-corrected chi connectivity index (χ4v) is 2.39. The van der Waals surface area contributed by atoms with E-state index in [-0.39, 0.29) is 0 Å². The maximum atomic E-state index is 12.0. The molecule has 0 spiro atoms. The first-order chi connectivity index (χ1) is 9.56. The fraction of sp³-hybridized carbons (Fsp3) is 0.188. The third kappa shape index (κ3) is 3.78. The summed E-state index contributed by atoms with van der Waals surface area (Å²) in [5, 5.41) is 0. The van der Waals surface area contributed by atoms with Gasteiger partial charge < -0.3 is 4.90 Å². The van der Waals surface area contributed by atoms with Crippen molar-refractivity contribution in [1.82, 2.24) is 0 Å². The molecule has 0 bridgehead atoms. The van der Waals surface area contributed by atoms with E-state index in [1.807, 2.05) is 74.4 Å². The molecule has 0 aliphatic carbocycles. The molecular formula is C16H18N2OS. The summed E-state index contributed by atoms with van der Waals surface area (Å²) in [6.07, 6.45) is 1.65. The van der Waals surface area contributed by atoms with Gasteiger partial charge in [-0.05, 0) is 36.8 Å². The van der Waals surface area contributed by atoms with Gasteiger partial charge in [0.25, 0.3) is 0 Å². The van der Waals surface area contributed by atoms with Crippen LogP contribution in [0.15, 0.2) is 57.8 Å². The summed E-state index contributed by atoms with van der Waals surface area (Å²) in [5.41, 5.74) is 3.21. The van der Waals surface area contributed by atoms with Gasteiger partial charge in [0, 0.05) is 26.0 Å². The molecule has 0 aliphatic heterocycles. The minimum absolute atomic E-state index is 0.719. The van der Waals surface area contributed by atoms with Gasteiger partial charge in [0.05, 0.1) is 4.90 Å². The Hall–Kier alpha value is -1.94. The van der Waals surface area contributed by atoms with Crippen molar-refractivity contribution in [1.29, 1.82) is 0 Å². The van der Waals surface area contributed by atoms with E-state index in [0.717, 1.165) is 21.7 Å². The molecule has 0 fully saturated rings. The largest absolute Gasteiger partial charge is 0.378 e. The maximum Gasteiger partial charge on any atom is 0.172 e. The van der Waals surface area contributed by atoms with E-state index < -0.39 is 11.0 Å². The first-order valence-corrected chi connectivity index (χ1v) is 7.47. The van der Waals surface area contributed by atoms with E-state index in [2.05, 4.69) is 4.40 Å². The quantitative estimate of drug-likeness (QED) is 0.809. The van der Waals surface area contributed by atoms with Gasteiger partial charge in [0.1, 0.15) is 0 Å². The van der Waals surface area contributed by atoms with Crippen molar-refractivity contribution in [2.75, 3.05) is 19.0 Å². The lowest BCUT2D eigenvalue weighted by atomic mass is 10.2. The highest BCUT2D eigenvalue weighted by atomic mass is 32.2. The predicted octanol–water partition coefficient (Wildman–Crippen LogP) is 3.20. The molecule has 0 saturated carbocycles. The fourth-order valence-electron chi connectivity index (χ4n) is 1.68. The van der Waals surface area contributed by atoms with Crippen LogP contribution in [0.3, 0.4) is 0 Å². The number of hydrogen-bond acceptors (Lipinski definition) is 2. The maximum absolute atomic E-state index is 12.0. The lowest BCUT2D eigenvalue weighted by Crippen LogP contribution is -2.08. The summed E-state index contributed by atoms with van der Waals surface area (Å²) in [7, 11) is 2.64. The van der Waals surface area contributed by atoms with Crippen LogP contribution in [0.5, 0.6) is 0 Å². The predicted molar refractivity (Wildman–Crippen MR) is 86.0 cm³/mol. The molecule has 104 valence electrons. The van der Waals surface area contributed by atoms with Gasteiger partial charge in [0.15, 0.2) is 11.0 Å². The van der Waals surface area contributed by atoms with Crippen LogP contribution in [-0.2, 0) is 11.0 Å². The summed E-state index contributed by atoms with van der Waals surface area (Å²) in [5.74, 6) is 0. The molecule has 0 saturated heterocycles. The molecule has 4 heteroatoms. The Morgan fingerprint density at radius 3 is 2.15 bits per heavy atom. The van der Waals surface area contributed by atoms with E-state index in [1.165, 1.54) is 0 Å². The number of benzene rings is 2. The Bertz CT molecular complexity index is 616. The lowest BCUT2D eigenvalue weighted by Gasteiger charge is -2.11. The van der Waals surface area contributed by atoms with Crippen LogP contribution in [-0.4, -0.2) is 24.5 Å². The lowest BCUT2D eigenvalue weighted by molar-refractivity contribution is 0.684. The Labute approximate surface area is 122 Å². The molecule has 20 heavy (non-hydrogen) atoms. The van der Waals surface area contributed by atoms with Crippen molar-refractivity contribution in [2.24, 2.45) is 4.40 Å². The zero-order valence-electron chi connectivity index (χ0n) is 11.9. The summed E-state index contributed by atoms with van der Waals surface area (Å²) in [4.78, 5) is 2.75. The number of nitrogens with zero attached hydrogens (tertiary/aromatic N) is 2. The SMILES string of the molecule is Cc1ccc([S@](=O)/N=C/c2ccc(N(C)C)cc2)cc1. The van der Waals surface area contributed by atoms with Gasteiger partial charge in [-0.1, -0.05) is 29.8 Å². The van der Waals surface area contributed by atoms with Crippen LogP contribution in [0.1, 0.15) is 11.1 Å². The molecule has 0 unspecified atom stereocenters. The van der Waals surface area contributed by atoms with E-state index >= 15 is 0 Å². The average molecular weight is 286 g/mol. The Morgan fingerprint density at radius 1 is 1.00 bits per heavy atom. The van der Waals surface area contributed by atoms with Crippen molar-refractivity contribution in [3.63, 3.8) is 0 Å². The average Bonchev–Trinajstić information content (AvgIpc) is 2.46. The van der Waals surface area contributed by atoms with Crippen molar-refractivity contribution in [2.45, 2.75) is 11.8 Å². The van der Waals surface area contributed by atoms with E-state index in [0.29, 0.717) is 0 Å². The molecule has 1 atom stereocenters. The van der Waals surface area contributed by atoms with Crippen LogP contribution in [0.2, 0.25) is 0 Å². The minimum atomic E-state index is -1.35. The van der Waals surface area contributed by atoms with E-state index in [4.69, 9.17) is 0 Å². The second-order valence-corrected chi connectivity index (χ2v) is 5.96. The zero-order valence-corrected chi connectivity index (χ0v) is 12.7. The normalized spacial score (nSPS) is 12.6. The number of rotatable bonds is 4. The Kier molecular flexibility index (Phi) is 4.69. The van der Waals surface area contributed by atoms with Gasteiger partial charge in [-0.25, -0.2) is 4.21 Å². The summed E-state index contributed by atoms with van der Waals surface area (Å²) >= 11 is 0. The number of hydrogen-bond donors (Lipinski definition) is 0. The Balaban J connectivity index is 2.08. The molecule has 0 heterocycles. The summed E-state index contributed by atoms with van der Waals surface area (Å²) < 4.78 is 16.1. The highest BCUT2D eigenvalue weighted by Gasteiger charge is 2.00. The van der Waals surface area contributed by atoms with Crippen molar-refractivity contribution >= 4 is 22.9 Å². The third-order valence-electron chi connectivity index (χ3n) is 2.93. The monoisotopic (exact) mass is 286 g/mol. The van der Waals surface area contributed by atoms with Crippen LogP contribution in [0.25, 0.3) is 0 Å². The van der Waals surface area contributed by atoms with Crippen LogP contribution in [0.4, 0.5) is 5.69 Å². The van der Waals surface area contributed by atoms with Crippen LogP contribution in [0, 0.1) is 6.92 Å². The molecule has 0 amide bonds. The second kappa shape index (κ2) is 6.48. The molecule has 0 N–H and O–H groups in total. The third-order valence-corrected chi connectivity index (χ3v) is 3.90. The molecule has 2 aromatic rings. The first-order valence-electron chi connectivity index (χ1n) is 6.36. The standard InChI is InChI=1S/C16H18N2OS/c1-13-4-10-16(11-5-13)20(19)17-12-14-6-8-15(9-7-14)18(2)3/h4-12H,1-3H3/b17-12+/t20-/m0/s1. The topological polar surface area (TPSA) is 32.7 Å². The summed E-state index contributed by atoms with van der Waals surface area (Å²) in [6.45, 7) is 2.00. The van der Waals surface area contributed by atoms with Gasteiger partial charge in [-0.2, -0.15) is 4.40 Å². The summed E-state index contributed by atoms with van der Waals surface area (Å²) in [6, 6.07) is 15.5. The molecule has 2 rings (SSSR count). The smallest absolute Gasteiger partial charge is 0.172 e. The van der Waals surface area contributed by atoms with Crippen molar-refractivity contribution < 1.29 is 4.21 Å². The molecule has 0 aliphatic rings. The molecule has 3 nitrogen and oxygen atoms in total. The van der Waals surface area contributed by atoms with Gasteiger partial charge in [-0.3, -0.25) is 0 Å². The molecule has 2 aromatic carbocycles. The van der Waals surface area contributed by atoms with Crippen LogP contribution < -0.4 is 4.90 Å². The molecular weight excluding hydrogens is 268 g/mol. The first kappa shape index (κ1) is 14.5. The number of aryl methyl sites for hydroxylation is 1. The Morgan fingerprint density at radius 2 is 1.60 bits per heavy atom. The molecule has 0 aromatic heterocycles. The van der Waals surface area contributed by atoms with Crippen molar-refractivity contribution in [3.05, 3.63) is 59.7 Å². The highest BCUT2D eigenvalue weighted by molar-refractivity contribution is 7.83. The number of anilines is 1. The van der Waals surface area contributed by atoms with Crippen LogP contribution >= 0.6 is 0 Å². The zero-order chi connectivity index (χ0) is 14.5.